The molecule has 2 rings (SSSR count). The first kappa shape index (κ1) is 22.9. The number of rotatable bonds is 7. The van der Waals surface area contributed by atoms with E-state index in [9.17, 15) is 21.6 Å². The molecule has 2 atom stereocenters. The van der Waals surface area contributed by atoms with Gasteiger partial charge in [-0.2, -0.15) is 0 Å². The maximum absolute atomic E-state index is 12.8. The molecule has 0 aliphatic rings. The average molecular weight is 439 g/mol. The van der Waals surface area contributed by atoms with Gasteiger partial charge in [-0.3, -0.25) is 9.10 Å². The zero-order chi connectivity index (χ0) is 22.0. The molecule has 0 heterocycles. The van der Waals surface area contributed by atoms with Gasteiger partial charge in [0.1, 0.15) is 6.04 Å². The van der Waals surface area contributed by atoms with Crippen LogP contribution < -0.4 is 9.62 Å². The number of sulfonamides is 1. The van der Waals surface area contributed by atoms with Crippen LogP contribution >= 0.6 is 0 Å². The summed E-state index contributed by atoms with van der Waals surface area (Å²) in [5.41, 5.74) is 2.09. The number of carbonyl (C=O) groups excluding carboxylic acids is 1. The van der Waals surface area contributed by atoms with E-state index in [0.29, 0.717) is 11.3 Å². The molecule has 9 heteroatoms. The predicted molar refractivity (Wildman–Crippen MR) is 114 cm³/mol. The molecule has 1 amide bonds. The van der Waals surface area contributed by atoms with Gasteiger partial charge in [-0.05, 0) is 50.6 Å². The predicted octanol–water partition coefficient (Wildman–Crippen LogP) is 2.43. The third kappa shape index (κ3) is 5.80. The number of carbonyl (C=O) groups is 1. The van der Waals surface area contributed by atoms with Crippen molar-refractivity contribution in [2.45, 2.75) is 37.8 Å². The molecule has 158 valence electrons. The van der Waals surface area contributed by atoms with Crippen LogP contribution in [0.2, 0.25) is 0 Å². The van der Waals surface area contributed by atoms with Crippen LogP contribution in [0.15, 0.2) is 53.4 Å². The molecule has 0 saturated carbocycles. The topological polar surface area (TPSA) is 101 Å². The second-order valence-electron chi connectivity index (χ2n) is 7.14. The first-order valence-corrected chi connectivity index (χ1v) is 12.7. The van der Waals surface area contributed by atoms with Gasteiger partial charge in [0.15, 0.2) is 9.84 Å². The molecule has 2 unspecified atom stereocenters. The van der Waals surface area contributed by atoms with Crippen molar-refractivity contribution in [3.8, 4) is 0 Å². The van der Waals surface area contributed by atoms with Gasteiger partial charge < -0.3 is 5.32 Å². The minimum atomic E-state index is -3.69. The van der Waals surface area contributed by atoms with Crippen molar-refractivity contribution in [3.05, 3.63) is 59.7 Å². The number of sulfone groups is 1. The molecule has 29 heavy (non-hydrogen) atoms. The Hall–Kier alpha value is -2.39. The highest BCUT2D eigenvalue weighted by molar-refractivity contribution is 7.92. The van der Waals surface area contributed by atoms with E-state index >= 15 is 0 Å². The zero-order valence-corrected chi connectivity index (χ0v) is 18.7. The quantitative estimate of drug-likeness (QED) is 0.716. The number of nitrogens with one attached hydrogen (secondary N) is 1. The van der Waals surface area contributed by atoms with Gasteiger partial charge >= 0.3 is 0 Å². The minimum Gasteiger partial charge on any atom is -0.348 e. The molecule has 0 spiro atoms. The molecule has 2 aromatic carbocycles. The van der Waals surface area contributed by atoms with E-state index in [1.54, 1.807) is 43.3 Å². The fourth-order valence-corrected chi connectivity index (χ4v) is 4.73. The molecular formula is C20H26N2O5S2. The number of nitrogens with zero attached hydrogens (tertiary/aromatic N) is 1. The van der Waals surface area contributed by atoms with Gasteiger partial charge in [0.2, 0.25) is 15.9 Å². The third-order valence-corrected chi connectivity index (χ3v) is 6.91. The lowest BCUT2D eigenvalue weighted by Gasteiger charge is -2.29. The Morgan fingerprint density at radius 1 is 0.897 bits per heavy atom. The fraction of sp³-hybridized carbons (Fsp3) is 0.350. The van der Waals surface area contributed by atoms with Crippen molar-refractivity contribution >= 4 is 31.5 Å². The van der Waals surface area contributed by atoms with Gasteiger partial charge in [0.25, 0.3) is 0 Å². The molecule has 2 aromatic rings. The first-order valence-electron chi connectivity index (χ1n) is 8.97. The summed E-state index contributed by atoms with van der Waals surface area (Å²) in [6.45, 7) is 5.16. The highest BCUT2D eigenvalue weighted by Gasteiger charge is 2.29. The smallest absolute Gasteiger partial charge is 0.244 e. The molecule has 0 radical (unpaired) electrons. The van der Waals surface area contributed by atoms with Crippen LogP contribution in [0.25, 0.3) is 0 Å². The minimum absolute atomic E-state index is 0.191. The van der Waals surface area contributed by atoms with Gasteiger partial charge in [0.05, 0.1) is 22.9 Å². The van der Waals surface area contributed by atoms with Crippen LogP contribution in [-0.4, -0.2) is 41.3 Å². The van der Waals surface area contributed by atoms with Crippen molar-refractivity contribution in [1.82, 2.24) is 5.32 Å². The lowest BCUT2D eigenvalue weighted by molar-refractivity contribution is -0.122. The highest BCUT2D eigenvalue weighted by atomic mass is 32.2. The SMILES string of the molecule is Cc1ccc(N(C(C)C(=O)NC(C)c2ccc(S(C)(=O)=O)cc2)S(C)(=O)=O)cc1. The summed E-state index contributed by atoms with van der Waals surface area (Å²) in [5, 5.41) is 2.79. The van der Waals surface area contributed by atoms with Crippen molar-refractivity contribution in [2.75, 3.05) is 16.8 Å². The number of aryl methyl sites for hydroxylation is 1. The number of hydrogen-bond donors (Lipinski definition) is 1. The van der Waals surface area contributed by atoms with Crippen molar-refractivity contribution in [1.29, 1.82) is 0 Å². The van der Waals surface area contributed by atoms with E-state index in [-0.39, 0.29) is 4.90 Å². The molecule has 0 bridgehead atoms. The Balaban J connectivity index is 2.22. The van der Waals surface area contributed by atoms with Crippen LogP contribution in [0, 0.1) is 6.92 Å². The normalized spacial score (nSPS) is 14.1. The first-order chi connectivity index (χ1) is 13.3. The Labute approximate surface area is 172 Å². The molecule has 0 aliphatic carbocycles. The third-order valence-electron chi connectivity index (χ3n) is 4.54. The van der Waals surface area contributed by atoms with Gasteiger partial charge in [-0.1, -0.05) is 29.8 Å². The summed E-state index contributed by atoms with van der Waals surface area (Å²) in [4.78, 5) is 13.0. The van der Waals surface area contributed by atoms with Gasteiger partial charge in [0, 0.05) is 6.26 Å². The van der Waals surface area contributed by atoms with E-state index < -0.39 is 37.9 Å². The maximum atomic E-state index is 12.8. The Kier molecular flexibility index (Phi) is 6.74. The molecule has 0 aromatic heterocycles. The summed E-state index contributed by atoms with van der Waals surface area (Å²) in [6, 6.07) is 11.7. The maximum Gasteiger partial charge on any atom is 0.244 e. The lowest BCUT2D eigenvalue weighted by atomic mass is 10.1. The molecule has 0 fully saturated rings. The number of anilines is 1. The van der Waals surface area contributed by atoms with Crippen LogP contribution in [0.5, 0.6) is 0 Å². The summed E-state index contributed by atoms with van der Waals surface area (Å²) < 4.78 is 48.9. The van der Waals surface area contributed by atoms with Crippen LogP contribution in [0.4, 0.5) is 5.69 Å². The van der Waals surface area contributed by atoms with Crippen LogP contribution in [0.3, 0.4) is 0 Å². The highest BCUT2D eigenvalue weighted by Crippen LogP contribution is 2.22. The van der Waals surface area contributed by atoms with Crippen LogP contribution in [0.1, 0.15) is 31.0 Å². The summed E-state index contributed by atoms with van der Waals surface area (Å²) in [5.74, 6) is -0.462. The van der Waals surface area contributed by atoms with Crippen LogP contribution in [-0.2, 0) is 24.7 Å². The van der Waals surface area contributed by atoms with Crippen molar-refractivity contribution < 1.29 is 21.6 Å². The summed E-state index contributed by atoms with van der Waals surface area (Å²) >= 11 is 0. The average Bonchev–Trinajstić information content (AvgIpc) is 2.61. The van der Waals surface area contributed by atoms with Gasteiger partial charge in [-0.15, -0.1) is 0 Å². The Morgan fingerprint density at radius 2 is 1.41 bits per heavy atom. The molecular weight excluding hydrogens is 412 g/mol. The monoisotopic (exact) mass is 438 g/mol. The standard InChI is InChI=1S/C20H26N2O5S2/c1-14-6-10-18(11-7-14)22(29(5,26)27)16(3)20(23)21-15(2)17-8-12-19(13-9-17)28(4,24)25/h6-13,15-16H,1-5H3,(H,21,23). The molecule has 0 aliphatic heterocycles. The molecule has 0 saturated heterocycles. The second-order valence-corrected chi connectivity index (χ2v) is 11.0. The number of amides is 1. The second kappa shape index (κ2) is 8.54. The number of hydrogen-bond acceptors (Lipinski definition) is 5. The fourth-order valence-electron chi connectivity index (χ4n) is 2.92. The molecule has 7 nitrogen and oxygen atoms in total. The van der Waals surface area contributed by atoms with E-state index in [0.717, 1.165) is 22.4 Å². The van der Waals surface area contributed by atoms with Crippen molar-refractivity contribution in [2.24, 2.45) is 0 Å². The largest absolute Gasteiger partial charge is 0.348 e. The summed E-state index contributed by atoms with van der Waals surface area (Å²) in [6.07, 6.45) is 2.18. The molecule has 1 N–H and O–H groups in total. The van der Waals surface area contributed by atoms with E-state index in [1.165, 1.54) is 19.1 Å². The lowest BCUT2D eigenvalue weighted by Crippen LogP contribution is -2.48. The van der Waals surface area contributed by atoms with E-state index in [4.69, 9.17) is 0 Å². The number of benzene rings is 2. The Bertz CT molecular complexity index is 1080. The van der Waals surface area contributed by atoms with E-state index in [2.05, 4.69) is 5.32 Å². The van der Waals surface area contributed by atoms with E-state index in [1.807, 2.05) is 6.92 Å². The van der Waals surface area contributed by atoms with Crippen molar-refractivity contribution in [3.63, 3.8) is 0 Å². The van der Waals surface area contributed by atoms with Gasteiger partial charge in [-0.25, -0.2) is 16.8 Å². The summed E-state index contributed by atoms with van der Waals surface area (Å²) in [7, 11) is -7.00. The zero-order valence-electron chi connectivity index (χ0n) is 17.1. The Morgan fingerprint density at radius 3 is 1.86 bits per heavy atom.